The van der Waals surface area contributed by atoms with Crippen molar-refractivity contribution in [2.75, 3.05) is 83.0 Å². The van der Waals surface area contributed by atoms with Gasteiger partial charge in [-0.3, -0.25) is 4.90 Å². The molecule has 0 radical (unpaired) electrons. The number of rotatable bonds is 4. The molecule has 0 atom stereocenters. The van der Waals surface area contributed by atoms with Crippen molar-refractivity contribution in [1.82, 2.24) is 14.9 Å². The summed E-state index contributed by atoms with van der Waals surface area (Å²) in [6.07, 6.45) is 1.61. The van der Waals surface area contributed by atoms with E-state index in [0.717, 1.165) is 42.9 Å². The molecule has 1 N–H and O–H groups in total. The van der Waals surface area contributed by atoms with Crippen LogP contribution >= 0.6 is 0 Å². The molecule has 1 aromatic heterocycles. The van der Waals surface area contributed by atoms with Crippen LogP contribution in [-0.4, -0.2) is 98.8 Å². The van der Waals surface area contributed by atoms with Crippen molar-refractivity contribution in [3.8, 4) is 0 Å². The maximum absolute atomic E-state index is 10.8. The Kier molecular flexibility index (Phi) is 5.63. The third-order valence-electron chi connectivity index (χ3n) is 5.39. The fraction of sp³-hybridized carbons (Fsp3) is 0.600. The zero-order chi connectivity index (χ0) is 19.6. The van der Waals surface area contributed by atoms with E-state index < -0.39 is 5.60 Å². The van der Waals surface area contributed by atoms with Crippen LogP contribution in [0.25, 0.3) is 10.9 Å². The van der Waals surface area contributed by atoms with Gasteiger partial charge in [0.25, 0.3) is 0 Å². The van der Waals surface area contributed by atoms with E-state index in [9.17, 15) is 5.11 Å². The molecule has 0 bridgehead atoms. The Hall–Kier alpha value is -2.00. The molecular weight excluding hydrogens is 358 g/mol. The Morgan fingerprint density at radius 3 is 2.46 bits per heavy atom. The number of benzene rings is 1. The van der Waals surface area contributed by atoms with E-state index in [-0.39, 0.29) is 0 Å². The van der Waals surface area contributed by atoms with Crippen molar-refractivity contribution in [2.24, 2.45) is 0 Å². The van der Waals surface area contributed by atoms with E-state index in [1.165, 1.54) is 5.69 Å². The van der Waals surface area contributed by atoms with Gasteiger partial charge in [0, 0.05) is 57.9 Å². The fourth-order valence-corrected chi connectivity index (χ4v) is 3.94. The predicted octanol–water partition coefficient (Wildman–Crippen LogP) is 0.596. The number of hydrogen-bond acceptors (Lipinski definition) is 8. The van der Waals surface area contributed by atoms with Gasteiger partial charge in [0.1, 0.15) is 17.7 Å². The molecule has 3 heterocycles. The minimum Gasteiger partial charge on any atom is -0.384 e. The standard InChI is InChI=1S/C20H29N5O3/c1-23(2)19-17-11-16(3-4-18(17)21-15-22-19)25-7-5-24(6-8-25)12-20(26)13-27-9-10-28-14-20/h3-4,11,15,26H,5-10,12-14H2,1-2H3. The van der Waals surface area contributed by atoms with Gasteiger partial charge in [0.2, 0.25) is 0 Å². The van der Waals surface area contributed by atoms with Gasteiger partial charge in [-0.15, -0.1) is 0 Å². The number of β-amino-alcohol motifs (C(OH)–C–C–N with tert-alkyl or cyclic N) is 1. The quantitative estimate of drug-likeness (QED) is 0.818. The second kappa shape index (κ2) is 8.16. The molecule has 4 rings (SSSR count). The topological polar surface area (TPSA) is 74.2 Å². The van der Waals surface area contributed by atoms with Crippen LogP contribution in [0, 0.1) is 0 Å². The third kappa shape index (κ3) is 4.20. The highest BCUT2D eigenvalue weighted by Crippen LogP contribution is 2.27. The number of piperazine rings is 1. The fourth-order valence-electron chi connectivity index (χ4n) is 3.94. The smallest absolute Gasteiger partial charge is 0.139 e. The van der Waals surface area contributed by atoms with Gasteiger partial charge in [-0.1, -0.05) is 0 Å². The van der Waals surface area contributed by atoms with E-state index in [1.54, 1.807) is 6.33 Å². The van der Waals surface area contributed by atoms with Gasteiger partial charge in [0.15, 0.2) is 0 Å². The number of fused-ring (bicyclic) bond motifs is 1. The molecule has 0 saturated carbocycles. The second-order valence-corrected chi connectivity index (χ2v) is 7.89. The minimum atomic E-state index is -0.917. The molecule has 0 amide bonds. The monoisotopic (exact) mass is 387 g/mol. The lowest BCUT2D eigenvalue weighted by Crippen LogP contribution is -2.54. The van der Waals surface area contributed by atoms with Crippen molar-refractivity contribution in [3.63, 3.8) is 0 Å². The first-order valence-electron chi connectivity index (χ1n) is 9.81. The Morgan fingerprint density at radius 2 is 1.79 bits per heavy atom. The maximum atomic E-state index is 10.8. The van der Waals surface area contributed by atoms with Crippen LogP contribution in [0.15, 0.2) is 24.5 Å². The highest BCUT2D eigenvalue weighted by Gasteiger charge is 2.33. The van der Waals surface area contributed by atoms with Crippen LogP contribution in [0.2, 0.25) is 0 Å². The zero-order valence-electron chi connectivity index (χ0n) is 16.7. The lowest BCUT2D eigenvalue weighted by Gasteiger charge is -2.39. The average Bonchev–Trinajstić information content (AvgIpc) is 2.92. The van der Waals surface area contributed by atoms with Gasteiger partial charge in [-0.2, -0.15) is 0 Å². The van der Waals surface area contributed by atoms with E-state index in [4.69, 9.17) is 9.47 Å². The molecule has 2 saturated heterocycles. The molecule has 2 fully saturated rings. The van der Waals surface area contributed by atoms with Crippen LogP contribution in [0.5, 0.6) is 0 Å². The summed E-state index contributed by atoms with van der Waals surface area (Å²) in [5.41, 5.74) is 1.22. The molecule has 2 aliphatic rings. The van der Waals surface area contributed by atoms with Crippen LogP contribution < -0.4 is 9.80 Å². The summed E-state index contributed by atoms with van der Waals surface area (Å²) in [5.74, 6) is 0.932. The predicted molar refractivity (Wildman–Crippen MR) is 109 cm³/mol. The van der Waals surface area contributed by atoms with Crippen LogP contribution in [-0.2, 0) is 9.47 Å². The number of hydrogen-bond donors (Lipinski definition) is 1. The van der Waals surface area contributed by atoms with E-state index in [1.807, 2.05) is 19.0 Å². The molecule has 8 heteroatoms. The summed E-state index contributed by atoms with van der Waals surface area (Å²) < 4.78 is 11.0. The van der Waals surface area contributed by atoms with Gasteiger partial charge in [0.05, 0.1) is 31.9 Å². The molecule has 2 aliphatic heterocycles. The van der Waals surface area contributed by atoms with Crippen molar-refractivity contribution in [3.05, 3.63) is 24.5 Å². The van der Waals surface area contributed by atoms with Crippen LogP contribution in [0.3, 0.4) is 0 Å². The maximum Gasteiger partial charge on any atom is 0.139 e. The first-order chi connectivity index (χ1) is 13.5. The molecule has 28 heavy (non-hydrogen) atoms. The van der Waals surface area contributed by atoms with Crippen molar-refractivity contribution < 1.29 is 14.6 Å². The SMILES string of the molecule is CN(C)c1ncnc2ccc(N3CCN(CC4(O)COCCOC4)CC3)cc12. The third-order valence-corrected chi connectivity index (χ3v) is 5.39. The Balaban J connectivity index is 1.43. The number of aliphatic hydroxyl groups is 1. The lowest BCUT2D eigenvalue weighted by atomic mass is 10.1. The normalized spacial score (nSPS) is 20.9. The first-order valence-corrected chi connectivity index (χ1v) is 9.81. The average molecular weight is 387 g/mol. The first kappa shape index (κ1) is 19.3. The summed E-state index contributed by atoms with van der Waals surface area (Å²) in [5, 5.41) is 11.8. The number of aromatic nitrogens is 2. The van der Waals surface area contributed by atoms with E-state index in [0.29, 0.717) is 33.0 Å². The molecule has 0 spiro atoms. The van der Waals surface area contributed by atoms with E-state index >= 15 is 0 Å². The molecule has 0 aliphatic carbocycles. The van der Waals surface area contributed by atoms with Gasteiger partial charge >= 0.3 is 0 Å². The molecule has 8 nitrogen and oxygen atoms in total. The van der Waals surface area contributed by atoms with Crippen LogP contribution in [0.1, 0.15) is 0 Å². The molecule has 1 aromatic carbocycles. The number of ether oxygens (including phenoxy) is 2. The van der Waals surface area contributed by atoms with Gasteiger partial charge in [-0.25, -0.2) is 9.97 Å². The minimum absolute atomic E-state index is 0.338. The zero-order valence-corrected chi connectivity index (χ0v) is 16.7. The van der Waals surface area contributed by atoms with Crippen molar-refractivity contribution in [2.45, 2.75) is 5.60 Å². The second-order valence-electron chi connectivity index (χ2n) is 7.89. The molecule has 152 valence electrons. The number of anilines is 2. The largest absolute Gasteiger partial charge is 0.384 e. The Labute approximate surface area is 165 Å². The number of nitrogens with zero attached hydrogens (tertiary/aromatic N) is 5. The van der Waals surface area contributed by atoms with Crippen molar-refractivity contribution in [1.29, 1.82) is 0 Å². The van der Waals surface area contributed by atoms with Crippen LogP contribution in [0.4, 0.5) is 11.5 Å². The summed E-state index contributed by atoms with van der Waals surface area (Å²) in [4.78, 5) is 15.5. The van der Waals surface area contributed by atoms with Gasteiger partial charge in [-0.05, 0) is 18.2 Å². The Morgan fingerprint density at radius 1 is 1.07 bits per heavy atom. The molecule has 2 aromatic rings. The molecule has 0 unspecified atom stereocenters. The summed E-state index contributed by atoms with van der Waals surface area (Å²) >= 11 is 0. The Bertz CT molecular complexity index is 800. The van der Waals surface area contributed by atoms with E-state index in [2.05, 4.69) is 38.0 Å². The summed E-state index contributed by atoms with van der Waals surface area (Å²) in [7, 11) is 4.00. The highest BCUT2D eigenvalue weighted by atomic mass is 16.6. The van der Waals surface area contributed by atoms with Gasteiger partial charge < -0.3 is 24.4 Å². The van der Waals surface area contributed by atoms with Crippen molar-refractivity contribution >= 4 is 22.4 Å². The lowest BCUT2D eigenvalue weighted by molar-refractivity contribution is -0.0746. The molecular formula is C20H29N5O3. The summed E-state index contributed by atoms with van der Waals surface area (Å²) in [6, 6.07) is 6.38. The summed E-state index contributed by atoms with van der Waals surface area (Å²) in [6.45, 7) is 5.97. The highest BCUT2D eigenvalue weighted by molar-refractivity contribution is 5.91.